The van der Waals surface area contributed by atoms with Crippen molar-refractivity contribution in [1.29, 1.82) is 0 Å². The predicted octanol–water partition coefficient (Wildman–Crippen LogP) is 5.28. The van der Waals surface area contributed by atoms with Gasteiger partial charge in [-0.15, -0.1) is 0 Å². The van der Waals surface area contributed by atoms with Gasteiger partial charge in [0.15, 0.2) is 0 Å². The smallest absolute Gasteiger partial charge is 0.0326 e. The van der Waals surface area contributed by atoms with Crippen LogP contribution in [-0.2, 0) is 0 Å². The summed E-state index contributed by atoms with van der Waals surface area (Å²) < 4.78 is 0. The number of rotatable bonds is 4. The zero-order valence-corrected chi connectivity index (χ0v) is 11.5. The van der Waals surface area contributed by atoms with Gasteiger partial charge in [0.1, 0.15) is 0 Å². The maximum atomic E-state index is 2.53. The number of fused-ring (bicyclic) bond motifs is 1. The lowest BCUT2D eigenvalue weighted by atomic mass is 9.64. The second-order valence-electron chi connectivity index (χ2n) is 6.47. The van der Waals surface area contributed by atoms with Crippen LogP contribution in [0.1, 0.15) is 72.1 Å². The highest BCUT2D eigenvalue weighted by atomic mass is 14.5. The molecule has 16 heavy (non-hydrogen) atoms. The van der Waals surface area contributed by atoms with Crippen molar-refractivity contribution >= 4 is 0 Å². The third kappa shape index (κ3) is 2.31. The highest BCUT2D eigenvalue weighted by Gasteiger charge is 2.44. The van der Waals surface area contributed by atoms with Gasteiger partial charge in [-0.2, -0.15) is 0 Å². The molecule has 2 rings (SSSR count). The van der Waals surface area contributed by atoms with Crippen LogP contribution in [-0.4, -0.2) is 0 Å². The maximum Gasteiger partial charge on any atom is -0.0326 e. The first-order valence-electron chi connectivity index (χ1n) is 7.77. The molecule has 94 valence electrons. The minimum Gasteiger partial charge on any atom is -0.0654 e. The van der Waals surface area contributed by atoms with E-state index in [1.807, 2.05) is 0 Å². The van der Waals surface area contributed by atoms with Gasteiger partial charge >= 0.3 is 0 Å². The molecule has 0 aliphatic heterocycles. The molecule has 0 N–H and O–H groups in total. The van der Waals surface area contributed by atoms with E-state index in [1.165, 1.54) is 32.1 Å². The largest absolute Gasteiger partial charge is 0.0654 e. The predicted molar refractivity (Wildman–Crippen MR) is 71.4 cm³/mol. The zero-order valence-electron chi connectivity index (χ0n) is 11.5. The lowest BCUT2D eigenvalue weighted by Gasteiger charge is -2.41. The van der Waals surface area contributed by atoms with Crippen molar-refractivity contribution in [2.75, 3.05) is 0 Å². The fourth-order valence-electron chi connectivity index (χ4n) is 4.82. The van der Waals surface area contributed by atoms with Crippen molar-refractivity contribution in [1.82, 2.24) is 0 Å². The fraction of sp³-hybridized carbons (Fsp3) is 1.00. The molecule has 2 aliphatic carbocycles. The van der Waals surface area contributed by atoms with E-state index >= 15 is 0 Å². The lowest BCUT2D eigenvalue weighted by Crippen LogP contribution is -2.33. The molecule has 0 nitrogen and oxygen atoms in total. The van der Waals surface area contributed by atoms with E-state index in [1.54, 1.807) is 19.3 Å². The Kier molecular flexibility index (Phi) is 4.33. The van der Waals surface area contributed by atoms with Gasteiger partial charge in [-0.1, -0.05) is 52.9 Å². The SMILES string of the molecule is CCCC1CCC2CCC(C)C(CCC)C12. The Labute approximate surface area is 102 Å². The van der Waals surface area contributed by atoms with Crippen LogP contribution in [0.3, 0.4) is 0 Å². The van der Waals surface area contributed by atoms with Gasteiger partial charge in [0.2, 0.25) is 0 Å². The molecule has 0 radical (unpaired) electrons. The molecule has 2 aliphatic rings. The quantitative estimate of drug-likeness (QED) is 0.607. The Morgan fingerprint density at radius 1 is 0.875 bits per heavy atom. The minimum absolute atomic E-state index is 1.01. The number of hydrogen-bond donors (Lipinski definition) is 0. The summed E-state index contributed by atoms with van der Waals surface area (Å²) in [6, 6.07) is 0. The summed E-state index contributed by atoms with van der Waals surface area (Å²) in [4.78, 5) is 0. The normalized spacial score (nSPS) is 43.3. The Hall–Kier alpha value is 0. The molecule has 0 heterocycles. The van der Waals surface area contributed by atoms with E-state index in [-0.39, 0.29) is 0 Å². The van der Waals surface area contributed by atoms with E-state index in [9.17, 15) is 0 Å². The molecule has 0 aromatic heterocycles. The van der Waals surface area contributed by atoms with E-state index in [0.717, 1.165) is 29.6 Å². The van der Waals surface area contributed by atoms with Crippen molar-refractivity contribution in [3.05, 3.63) is 0 Å². The van der Waals surface area contributed by atoms with Crippen LogP contribution in [0.25, 0.3) is 0 Å². The average Bonchev–Trinajstić information content (AvgIpc) is 2.67. The molecule has 0 heteroatoms. The van der Waals surface area contributed by atoms with Crippen LogP contribution in [0.2, 0.25) is 0 Å². The van der Waals surface area contributed by atoms with Gasteiger partial charge in [0.05, 0.1) is 0 Å². The van der Waals surface area contributed by atoms with E-state index in [4.69, 9.17) is 0 Å². The third-order valence-electron chi connectivity index (χ3n) is 5.50. The average molecular weight is 222 g/mol. The van der Waals surface area contributed by atoms with Crippen molar-refractivity contribution < 1.29 is 0 Å². The molecule has 2 saturated carbocycles. The zero-order chi connectivity index (χ0) is 11.5. The van der Waals surface area contributed by atoms with Gasteiger partial charge in [0.25, 0.3) is 0 Å². The first-order valence-corrected chi connectivity index (χ1v) is 7.77. The molecular formula is C16H30. The standard InChI is InChI=1S/C16H30/c1-4-6-13-10-11-14-9-8-12(3)15(7-5-2)16(13)14/h12-16H,4-11H2,1-3H3. The van der Waals surface area contributed by atoms with Crippen molar-refractivity contribution in [3.63, 3.8) is 0 Å². The topological polar surface area (TPSA) is 0 Å². The van der Waals surface area contributed by atoms with E-state index in [0.29, 0.717) is 0 Å². The lowest BCUT2D eigenvalue weighted by molar-refractivity contribution is 0.0795. The molecule has 2 fully saturated rings. The Morgan fingerprint density at radius 2 is 1.56 bits per heavy atom. The van der Waals surface area contributed by atoms with Crippen LogP contribution in [0.15, 0.2) is 0 Å². The van der Waals surface area contributed by atoms with Crippen LogP contribution >= 0.6 is 0 Å². The summed E-state index contributed by atoms with van der Waals surface area (Å²) in [7, 11) is 0. The summed E-state index contributed by atoms with van der Waals surface area (Å²) >= 11 is 0. The van der Waals surface area contributed by atoms with Gasteiger partial charge in [-0.05, 0) is 48.9 Å². The van der Waals surface area contributed by atoms with Crippen molar-refractivity contribution in [2.45, 2.75) is 72.1 Å². The summed E-state index contributed by atoms with van der Waals surface area (Å²) in [6.07, 6.45) is 12.0. The molecule has 0 bridgehead atoms. The highest BCUT2D eigenvalue weighted by Crippen LogP contribution is 2.53. The number of hydrogen-bond acceptors (Lipinski definition) is 0. The molecule has 0 saturated heterocycles. The van der Waals surface area contributed by atoms with Gasteiger partial charge < -0.3 is 0 Å². The van der Waals surface area contributed by atoms with Crippen molar-refractivity contribution in [2.24, 2.45) is 29.6 Å². The monoisotopic (exact) mass is 222 g/mol. The molecule has 0 aromatic carbocycles. The van der Waals surface area contributed by atoms with E-state index < -0.39 is 0 Å². The fourth-order valence-corrected chi connectivity index (χ4v) is 4.82. The van der Waals surface area contributed by atoms with Crippen LogP contribution in [0.5, 0.6) is 0 Å². The highest BCUT2D eigenvalue weighted by molar-refractivity contribution is 4.93. The molecule has 0 amide bonds. The van der Waals surface area contributed by atoms with E-state index in [2.05, 4.69) is 20.8 Å². The second-order valence-corrected chi connectivity index (χ2v) is 6.47. The summed E-state index contributed by atoms with van der Waals surface area (Å²) in [5.74, 6) is 5.41. The first-order chi connectivity index (χ1) is 7.77. The Morgan fingerprint density at radius 3 is 2.25 bits per heavy atom. The third-order valence-corrected chi connectivity index (χ3v) is 5.50. The van der Waals surface area contributed by atoms with Crippen LogP contribution in [0, 0.1) is 29.6 Å². The molecule has 0 spiro atoms. The Bertz CT molecular complexity index is 208. The first kappa shape index (κ1) is 12.5. The summed E-state index contributed by atoms with van der Waals surface area (Å²) in [5, 5.41) is 0. The Balaban J connectivity index is 2.06. The maximum absolute atomic E-state index is 2.53. The minimum atomic E-state index is 1.01. The molecule has 5 atom stereocenters. The van der Waals surface area contributed by atoms with Crippen LogP contribution < -0.4 is 0 Å². The summed E-state index contributed by atoms with van der Waals surface area (Å²) in [5.41, 5.74) is 0. The molecule has 0 aromatic rings. The van der Waals surface area contributed by atoms with Gasteiger partial charge in [-0.25, -0.2) is 0 Å². The molecular weight excluding hydrogens is 192 g/mol. The second kappa shape index (κ2) is 5.56. The van der Waals surface area contributed by atoms with Gasteiger partial charge in [-0.3, -0.25) is 0 Å². The van der Waals surface area contributed by atoms with Crippen molar-refractivity contribution in [3.8, 4) is 0 Å². The molecule has 5 unspecified atom stereocenters. The van der Waals surface area contributed by atoms with Crippen LogP contribution in [0.4, 0.5) is 0 Å². The summed E-state index contributed by atoms with van der Waals surface area (Å²) in [6.45, 7) is 7.27. The van der Waals surface area contributed by atoms with Gasteiger partial charge in [0, 0.05) is 0 Å².